The summed E-state index contributed by atoms with van der Waals surface area (Å²) >= 11 is 0. The van der Waals surface area contributed by atoms with Crippen LogP contribution >= 0.6 is 0 Å². The Morgan fingerprint density at radius 1 is 1.25 bits per heavy atom. The third kappa shape index (κ3) is 2.76. The molecule has 1 aromatic carbocycles. The van der Waals surface area contributed by atoms with Gasteiger partial charge in [0.05, 0.1) is 12.7 Å². The minimum absolute atomic E-state index is 0.338. The largest absolute Gasteiger partial charge is 0.375 e. The molecule has 2 N–H and O–H groups in total. The Bertz CT molecular complexity index is 429. The van der Waals surface area contributed by atoms with Crippen LogP contribution in [0.5, 0.6) is 0 Å². The van der Waals surface area contributed by atoms with Gasteiger partial charge in [-0.05, 0) is 25.3 Å². The smallest absolute Gasteiger partial charge is 0.0731 e. The third-order valence-corrected chi connectivity index (χ3v) is 4.86. The van der Waals surface area contributed by atoms with Crippen molar-refractivity contribution in [2.45, 2.75) is 50.8 Å². The maximum Gasteiger partial charge on any atom is 0.0731 e. The fourth-order valence-corrected chi connectivity index (χ4v) is 3.76. The lowest BCUT2D eigenvalue weighted by Crippen LogP contribution is -2.54. The number of nitrogens with zero attached hydrogens (tertiary/aromatic N) is 1. The predicted octanol–water partition coefficient (Wildman–Crippen LogP) is 2.64. The first-order valence-electron chi connectivity index (χ1n) is 7.93. The molecule has 1 saturated heterocycles. The molecular weight excluding hydrogens is 248 g/mol. The van der Waals surface area contributed by atoms with Crippen LogP contribution in [0.15, 0.2) is 24.3 Å². The zero-order valence-corrected chi connectivity index (χ0v) is 12.4. The van der Waals surface area contributed by atoms with Crippen molar-refractivity contribution < 1.29 is 4.74 Å². The second-order valence-electron chi connectivity index (χ2n) is 6.16. The average Bonchev–Trinajstić information content (AvgIpc) is 2.50. The van der Waals surface area contributed by atoms with E-state index < -0.39 is 0 Å². The maximum absolute atomic E-state index is 6.11. The van der Waals surface area contributed by atoms with E-state index in [1.165, 1.54) is 36.8 Å². The van der Waals surface area contributed by atoms with Crippen molar-refractivity contribution in [3.63, 3.8) is 0 Å². The summed E-state index contributed by atoms with van der Waals surface area (Å²) in [5.41, 5.74) is 8.77. The number of hydrogen-bond acceptors (Lipinski definition) is 3. The van der Waals surface area contributed by atoms with Gasteiger partial charge in [-0.1, -0.05) is 42.7 Å². The molecule has 2 fully saturated rings. The van der Waals surface area contributed by atoms with E-state index in [0.29, 0.717) is 24.7 Å². The van der Waals surface area contributed by atoms with E-state index in [4.69, 9.17) is 10.5 Å². The average molecular weight is 274 g/mol. The highest BCUT2D eigenvalue weighted by Gasteiger charge is 2.37. The summed E-state index contributed by atoms with van der Waals surface area (Å²) in [4.78, 5) is 2.61. The molecule has 1 heterocycles. The van der Waals surface area contributed by atoms with Crippen LogP contribution in [0.3, 0.4) is 0 Å². The van der Waals surface area contributed by atoms with E-state index in [1.54, 1.807) is 0 Å². The van der Waals surface area contributed by atoms with Crippen molar-refractivity contribution in [2.75, 3.05) is 19.7 Å². The van der Waals surface area contributed by atoms with Crippen LogP contribution in [-0.4, -0.2) is 36.7 Å². The van der Waals surface area contributed by atoms with Crippen molar-refractivity contribution in [1.82, 2.24) is 4.90 Å². The summed E-state index contributed by atoms with van der Waals surface area (Å²) < 4.78 is 5.98. The van der Waals surface area contributed by atoms with Crippen molar-refractivity contribution in [3.8, 4) is 0 Å². The lowest BCUT2D eigenvalue weighted by Gasteiger charge is -2.47. The van der Waals surface area contributed by atoms with Crippen molar-refractivity contribution in [2.24, 2.45) is 5.73 Å². The molecule has 1 aromatic rings. The molecule has 0 amide bonds. The molecule has 3 unspecified atom stereocenters. The molecule has 3 rings (SSSR count). The first kappa shape index (κ1) is 14.1. The zero-order valence-electron chi connectivity index (χ0n) is 12.4. The summed E-state index contributed by atoms with van der Waals surface area (Å²) in [5, 5.41) is 0. The van der Waals surface area contributed by atoms with Crippen LogP contribution < -0.4 is 5.73 Å². The molecule has 0 aromatic heterocycles. The molecule has 0 radical (unpaired) electrons. The van der Waals surface area contributed by atoms with Gasteiger partial charge in [-0.15, -0.1) is 0 Å². The van der Waals surface area contributed by atoms with E-state index in [9.17, 15) is 0 Å². The molecular formula is C17H26N2O. The van der Waals surface area contributed by atoms with Gasteiger partial charge in [0.15, 0.2) is 0 Å². The molecule has 0 bridgehead atoms. The fourth-order valence-electron chi connectivity index (χ4n) is 3.76. The number of morpholine rings is 1. The minimum Gasteiger partial charge on any atom is -0.375 e. The van der Waals surface area contributed by atoms with Gasteiger partial charge in [-0.25, -0.2) is 0 Å². The number of rotatable bonds is 3. The van der Waals surface area contributed by atoms with Crippen LogP contribution in [0, 0.1) is 6.92 Å². The number of hydrogen-bond donors (Lipinski definition) is 1. The van der Waals surface area contributed by atoms with Gasteiger partial charge in [0.25, 0.3) is 0 Å². The molecule has 110 valence electrons. The highest BCUT2D eigenvalue weighted by Crippen LogP contribution is 2.33. The molecule has 3 nitrogen and oxygen atoms in total. The molecule has 1 aliphatic heterocycles. The van der Waals surface area contributed by atoms with Crippen LogP contribution in [0.4, 0.5) is 0 Å². The van der Waals surface area contributed by atoms with Gasteiger partial charge in [-0.2, -0.15) is 0 Å². The van der Waals surface area contributed by atoms with E-state index in [-0.39, 0.29) is 0 Å². The lowest BCUT2D eigenvalue weighted by atomic mass is 9.88. The monoisotopic (exact) mass is 274 g/mol. The highest BCUT2D eigenvalue weighted by molar-refractivity contribution is 5.25. The van der Waals surface area contributed by atoms with Crippen LogP contribution in [0.25, 0.3) is 0 Å². The van der Waals surface area contributed by atoms with Crippen LogP contribution in [0.2, 0.25) is 0 Å². The molecule has 3 heteroatoms. The number of benzene rings is 1. The standard InChI is InChI=1S/C17H26N2O/c1-13-6-8-14(9-7-13)16(12-18)19-10-11-20-17-5-3-2-4-15(17)19/h6-9,15-17H,2-5,10-12,18H2,1H3. The van der Waals surface area contributed by atoms with Gasteiger partial charge < -0.3 is 10.5 Å². The Morgan fingerprint density at radius 2 is 2.00 bits per heavy atom. The molecule has 3 atom stereocenters. The highest BCUT2D eigenvalue weighted by atomic mass is 16.5. The first-order chi connectivity index (χ1) is 9.79. The minimum atomic E-state index is 0.338. The number of aryl methyl sites for hydroxylation is 1. The van der Waals surface area contributed by atoms with Crippen molar-refractivity contribution in [1.29, 1.82) is 0 Å². The van der Waals surface area contributed by atoms with Gasteiger partial charge in [0, 0.05) is 25.2 Å². The molecule has 1 saturated carbocycles. The predicted molar refractivity (Wildman–Crippen MR) is 81.7 cm³/mol. The second kappa shape index (κ2) is 6.25. The fraction of sp³-hybridized carbons (Fsp3) is 0.647. The topological polar surface area (TPSA) is 38.5 Å². The first-order valence-corrected chi connectivity index (χ1v) is 7.93. The van der Waals surface area contributed by atoms with E-state index in [1.807, 2.05) is 0 Å². The summed E-state index contributed by atoms with van der Waals surface area (Å²) in [6, 6.07) is 9.76. The van der Waals surface area contributed by atoms with Gasteiger partial charge in [0.2, 0.25) is 0 Å². The Morgan fingerprint density at radius 3 is 2.75 bits per heavy atom. The zero-order chi connectivity index (χ0) is 13.9. The maximum atomic E-state index is 6.11. The normalized spacial score (nSPS) is 28.9. The lowest BCUT2D eigenvalue weighted by molar-refractivity contribution is -0.102. The SMILES string of the molecule is Cc1ccc(C(CN)N2CCOC3CCCCC32)cc1. The summed E-state index contributed by atoms with van der Waals surface area (Å²) in [7, 11) is 0. The Hall–Kier alpha value is -0.900. The Balaban J connectivity index is 1.82. The van der Waals surface area contributed by atoms with Gasteiger partial charge in [-0.3, -0.25) is 4.90 Å². The van der Waals surface area contributed by atoms with Crippen LogP contribution in [0.1, 0.15) is 42.9 Å². The molecule has 20 heavy (non-hydrogen) atoms. The van der Waals surface area contributed by atoms with Crippen LogP contribution in [-0.2, 0) is 4.74 Å². The number of nitrogens with two attached hydrogens (primary N) is 1. The number of ether oxygens (including phenoxy) is 1. The van der Waals surface area contributed by atoms with Gasteiger partial charge >= 0.3 is 0 Å². The second-order valence-corrected chi connectivity index (χ2v) is 6.16. The summed E-state index contributed by atoms with van der Waals surface area (Å²) in [6.07, 6.45) is 5.54. The number of fused-ring (bicyclic) bond motifs is 1. The summed E-state index contributed by atoms with van der Waals surface area (Å²) in [6.45, 7) is 4.68. The Kier molecular flexibility index (Phi) is 4.39. The quantitative estimate of drug-likeness (QED) is 0.921. The van der Waals surface area contributed by atoms with Crippen molar-refractivity contribution >= 4 is 0 Å². The van der Waals surface area contributed by atoms with Gasteiger partial charge in [0.1, 0.15) is 0 Å². The van der Waals surface area contributed by atoms with Crippen molar-refractivity contribution in [3.05, 3.63) is 35.4 Å². The molecule has 1 aliphatic carbocycles. The third-order valence-electron chi connectivity index (χ3n) is 4.86. The van der Waals surface area contributed by atoms with E-state index in [2.05, 4.69) is 36.1 Å². The van der Waals surface area contributed by atoms with E-state index in [0.717, 1.165) is 13.2 Å². The molecule has 0 spiro atoms. The molecule has 2 aliphatic rings. The van der Waals surface area contributed by atoms with E-state index >= 15 is 0 Å². The summed E-state index contributed by atoms with van der Waals surface area (Å²) in [5.74, 6) is 0. The Labute approximate surface area is 122 Å².